The Bertz CT molecular complexity index is 301. The van der Waals surface area contributed by atoms with Gasteiger partial charge in [-0.15, -0.1) is 0 Å². The van der Waals surface area contributed by atoms with E-state index in [1.807, 2.05) is 0 Å². The van der Waals surface area contributed by atoms with Crippen LogP contribution in [0.2, 0.25) is 0 Å². The molecule has 0 aliphatic carbocycles. The van der Waals surface area contributed by atoms with E-state index < -0.39 is 17.8 Å². The lowest BCUT2D eigenvalue weighted by molar-refractivity contribution is -0.137. The van der Waals surface area contributed by atoms with Crippen molar-refractivity contribution in [2.24, 2.45) is 5.84 Å². The van der Waals surface area contributed by atoms with Gasteiger partial charge in [0.2, 0.25) is 0 Å². The molecule has 7 heteroatoms. The van der Waals surface area contributed by atoms with E-state index in [9.17, 15) is 13.2 Å². The fourth-order valence-corrected chi connectivity index (χ4v) is 0.627. The average molecular weight is 222 g/mol. The maximum Gasteiger partial charge on any atom is 0.418 e. The Morgan fingerprint density at radius 3 is 1.87 bits per heavy atom. The smallest absolute Gasteiger partial charge is 0.418 e. The number of carbonyl (C=O) groups is 1. The van der Waals surface area contributed by atoms with Crippen molar-refractivity contribution in [3.05, 3.63) is 35.9 Å². The number of nitrogens with one attached hydrogen (secondary N) is 1. The number of carboxylic acid groups (broad SMARTS) is 1. The molecule has 0 heterocycles. The Morgan fingerprint density at radius 1 is 1.27 bits per heavy atom. The lowest BCUT2D eigenvalue weighted by atomic mass is 10.2. The molecule has 0 aliphatic rings. The minimum absolute atomic E-state index is 0.602. The molecule has 0 saturated heterocycles. The van der Waals surface area contributed by atoms with Crippen LogP contribution in [0.25, 0.3) is 0 Å². The van der Waals surface area contributed by atoms with E-state index in [2.05, 4.69) is 5.84 Å². The second kappa shape index (κ2) is 5.86. The van der Waals surface area contributed by atoms with E-state index in [1.54, 1.807) is 6.07 Å². The lowest BCUT2D eigenvalue weighted by Gasteiger charge is -2.03. The summed E-state index contributed by atoms with van der Waals surface area (Å²) in [6.45, 7) is 0. The summed E-state index contributed by atoms with van der Waals surface area (Å²) in [5.74, 6) is 4.32. The molecule has 4 nitrogen and oxygen atoms in total. The predicted molar refractivity (Wildman–Crippen MR) is 46.8 cm³/mol. The molecule has 84 valence electrons. The topological polar surface area (TPSA) is 75.3 Å². The maximum atomic E-state index is 11.8. The maximum absolute atomic E-state index is 11.8. The molecule has 1 aromatic carbocycles. The number of hydrogen-bond acceptors (Lipinski definition) is 2. The highest BCUT2D eigenvalue weighted by Gasteiger charge is 2.29. The molecule has 0 unspecified atom stereocenters. The molecule has 0 bridgehead atoms. The van der Waals surface area contributed by atoms with Crippen LogP contribution < -0.4 is 11.3 Å². The van der Waals surface area contributed by atoms with Crippen LogP contribution in [-0.2, 0) is 6.18 Å². The van der Waals surface area contributed by atoms with Crippen molar-refractivity contribution in [1.29, 1.82) is 0 Å². The van der Waals surface area contributed by atoms with Gasteiger partial charge >= 0.3 is 12.3 Å². The van der Waals surface area contributed by atoms with Crippen LogP contribution in [0.3, 0.4) is 0 Å². The Balaban J connectivity index is 0.000000336. The minimum Gasteiger partial charge on any atom is -0.464 e. The molecule has 4 N–H and O–H groups in total. The Morgan fingerprint density at radius 2 is 1.67 bits per heavy atom. The third-order valence-electron chi connectivity index (χ3n) is 1.22. The second-order valence-electron chi connectivity index (χ2n) is 2.31. The highest BCUT2D eigenvalue weighted by atomic mass is 19.4. The standard InChI is InChI=1S/C7H5F3.CH4N2O2/c8-7(9,10)6-4-2-1-3-5-6;2-3-1(4)5/h1-5H;3H,2H2,(H,4,5). The molecule has 0 fully saturated rings. The fraction of sp³-hybridized carbons (Fsp3) is 0.125. The second-order valence-corrected chi connectivity index (χ2v) is 2.31. The Hall–Kier alpha value is -1.76. The van der Waals surface area contributed by atoms with Gasteiger partial charge in [-0.1, -0.05) is 30.3 Å². The fourth-order valence-electron chi connectivity index (χ4n) is 0.627. The normalized spacial score (nSPS) is 9.87. The summed E-state index contributed by atoms with van der Waals surface area (Å²) >= 11 is 0. The van der Waals surface area contributed by atoms with Crippen LogP contribution in [0.4, 0.5) is 18.0 Å². The number of halogens is 3. The predicted octanol–water partition coefficient (Wildman–Crippen LogP) is 1.83. The van der Waals surface area contributed by atoms with Crippen LogP contribution in [0.15, 0.2) is 30.3 Å². The Kier molecular flexibility index (Phi) is 5.18. The van der Waals surface area contributed by atoms with Gasteiger partial charge < -0.3 is 5.11 Å². The number of hydrazine groups is 1. The first-order valence-corrected chi connectivity index (χ1v) is 3.69. The van der Waals surface area contributed by atoms with Crippen molar-refractivity contribution in [3.63, 3.8) is 0 Å². The third-order valence-corrected chi connectivity index (χ3v) is 1.22. The molecule has 15 heavy (non-hydrogen) atoms. The number of benzene rings is 1. The molecule has 0 saturated carbocycles. The van der Waals surface area contributed by atoms with Gasteiger partial charge in [-0.25, -0.2) is 10.6 Å². The first-order valence-electron chi connectivity index (χ1n) is 3.69. The third kappa shape index (κ3) is 6.33. The van der Waals surface area contributed by atoms with Gasteiger partial charge in [-0.05, 0) is 0 Å². The van der Waals surface area contributed by atoms with Gasteiger partial charge in [0, 0.05) is 0 Å². The molecular formula is C8H9F3N2O2. The zero-order chi connectivity index (χ0) is 11.9. The van der Waals surface area contributed by atoms with Crippen LogP contribution in [0.5, 0.6) is 0 Å². The van der Waals surface area contributed by atoms with Crippen molar-refractivity contribution >= 4 is 6.09 Å². The van der Waals surface area contributed by atoms with E-state index in [0.717, 1.165) is 12.1 Å². The van der Waals surface area contributed by atoms with Crippen LogP contribution in [0, 0.1) is 0 Å². The molecular weight excluding hydrogens is 213 g/mol. The monoisotopic (exact) mass is 222 g/mol. The molecule has 1 amide bonds. The van der Waals surface area contributed by atoms with E-state index in [0.29, 0.717) is 0 Å². The molecule has 0 aliphatic heterocycles. The van der Waals surface area contributed by atoms with Gasteiger partial charge in [0.1, 0.15) is 0 Å². The summed E-state index contributed by atoms with van der Waals surface area (Å²) < 4.78 is 35.4. The number of nitrogens with two attached hydrogens (primary N) is 1. The summed E-state index contributed by atoms with van der Waals surface area (Å²) in [6, 6.07) is 6.36. The highest BCUT2D eigenvalue weighted by molar-refractivity contribution is 5.63. The largest absolute Gasteiger partial charge is 0.464 e. The van der Waals surface area contributed by atoms with Crippen molar-refractivity contribution in [2.45, 2.75) is 6.18 Å². The number of hydrogen-bond donors (Lipinski definition) is 3. The zero-order valence-corrected chi connectivity index (χ0v) is 7.45. The van der Waals surface area contributed by atoms with E-state index in [4.69, 9.17) is 9.90 Å². The number of alkyl halides is 3. The minimum atomic E-state index is -4.21. The summed E-state index contributed by atoms with van der Waals surface area (Å²) in [4.78, 5) is 9.13. The van der Waals surface area contributed by atoms with Gasteiger partial charge in [0.15, 0.2) is 0 Å². The quantitative estimate of drug-likeness (QED) is 0.356. The van der Waals surface area contributed by atoms with E-state index in [-0.39, 0.29) is 0 Å². The van der Waals surface area contributed by atoms with Gasteiger partial charge in [-0.3, -0.25) is 5.43 Å². The van der Waals surface area contributed by atoms with Gasteiger partial charge in [-0.2, -0.15) is 13.2 Å². The van der Waals surface area contributed by atoms with Crippen LogP contribution in [-0.4, -0.2) is 11.2 Å². The zero-order valence-electron chi connectivity index (χ0n) is 7.45. The average Bonchev–Trinajstić information content (AvgIpc) is 2.19. The van der Waals surface area contributed by atoms with Crippen LogP contribution in [0.1, 0.15) is 5.56 Å². The highest BCUT2D eigenvalue weighted by Crippen LogP contribution is 2.28. The summed E-state index contributed by atoms with van der Waals surface area (Å²) in [6.07, 6.45) is -5.42. The molecule has 0 aromatic heterocycles. The first kappa shape index (κ1) is 13.2. The van der Waals surface area contributed by atoms with Crippen molar-refractivity contribution < 1.29 is 23.1 Å². The summed E-state index contributed by atoms with van der Waals surface area (Å²) in [5.41, 5.74) is 0.843. The first-order chi connectivity index (χ1) is 6.88. The number of rotatable bonds is 0. The molecule has 0 atom stereocenters. The van der Waals surface area contributed by atoms with E-state index in [1.165, 1.54) is 17.6 Å². The molecule has 1 aromatic rings. The Labute approximate surface area is 83.5 Å². The summed E-state index contributed by atoms with van der Waals surface area (Å²) in [5, 5.41) is 7.49. The molecule has 0 radical (unpaired) electrons. The number of amides is 1. The lowest BCUT2D eigenvalue weighted by Crippen LogP contribution is -2.27. The SMILES string of the molecule is FC(F)(F)c1ccccc1.NNC(=O)O. The molecule has 0 spiro atoms. The van der Waals surface area contributed by atoms with Gasteiger partial charge in [0.05, 0.1) is 5.56 Å². The van der Waals surface area contributed by atoms with Gasteiger partial charge in [0.25, 0.3) is 0 Å². The molecule has 1 rings (SSSR count). The van der Waals surface area contributed by atoms with E-state index >= 15 is 0 Å². The van der Waals surface area contributed by atoms with Crippen molar-refractivity contribution in [1.82, 2.24) is 5.43 Å². The summed E-state index contributed by atoms with van der Waals surface area (Å²) in [7, 11) is 0. The van der Waals surface area contributed by atoms with Crippen molar-refractivity contribution in [2.75, 3.05) is 0 Å². The van der Waals surface area contributed by atoms with Crippen LogP contribution >= 0.6 is 0 Å². The van der Waals surface area contributed by atoms with Crippen molar-refractivity contribution in [3.8, 4) is 0 Å².